The monoisotopic (exact) mass is 321 g/mol. The van der Waals surface area contributed by atoms with Crippen LogP contribution in [0.5, 0.6) is 0 Å². The van der Waals surface area contributed by atoms with Crippen LogP contribution in [0, 0.1) is 13.8 Å². The zero-order chi connectivity index (χ0) is 17.1. The van der Waals surface area contributed by atoms with E-state index in [4.69, 9.17) is 0 Å². The quantitative estimate of drug-likeness (QED) is 0.830. The highest BCUT2D eigenvalue weighted by molar-refractivity contribution is 6.00. The Bertz CT molecular complexity index is 792. The van der Waals surface area contributed by atoms with Crippen LogP contribution >= 0.6 is 0 Å². The number of hydrogen-bond donors (Lipinski definition) is 1. The molecule has 0 spiro atoms. The van der Waals surface area contributed by atoms with Crippen molar-refractivity contribution in [3.63, 3.8) is 0 Å². The Kier molecular flexibility index (Phi) is 4.79. The Balaban J connectivity index is 1.58. The third kappa shape index (κ3) is 3.73. The number of ketones is 1. The lowest BCUT2D eigenvalue weighted by Gasteiger charge is -2.09. The van der Waals surface area contributed by atoms with Crippen molar-refractivity contribution in [2.45, 2.75) is 46.0 Å². The van der Waals surface area contributed by atoms with Gasteiger partial charge in [0, 0.05) is 24.1 Å². The lowest BCUT2D eigenvalue weighted by atomic mass is 10.0. The highest BCUT2D eigenvalue weighted by atomic mass is 16.2. The van der Waals surface area contributed by atoms with E-state index in [9.17, 15) is 9.59 Å². The normalized spacial score (nSPS) is 12.8. The van der Waals surface area contributed by atoms with E-state index in [-0.39, 0.29) is 24.5 Å². The molecule has 0 saturated carbocycles. The van der Waals surface area contributed by atoms with Crippen LogP contribution < -0.4 is 5.32 Å². The number of benzene rings is 2. The van der Waals surface area contributed by atoms with Crippen molar-refractivity contribution >= 4 is 17.4 Å². The molecule has 24 heavy (non-hydrogen) atoms. The molecule has 2 aromatic rings. The van der Waals surface area contributed by atoms with Gasteiger partial charge in [-0.2, -0.15) is 0 Å². The number of Topliss-reactive ketones (excluding diaryl/α,β-unsaturated/α-hetero) is 1. The molecule has 3 nitrogen and oxygen atoms in total. The molecule has 124 valence electrons. The molecule has 3 rings (SSSR count). The standard InChI is InChI=1S/C21H23NO2/c1-14-6-7-15(2)19(12-14)22-21(24)11-10-20(23)18-9-8-16-4-3-5-17(16)13-18/h6-9,12-13H,3-5,10-11H2,1-2H3,(H,22,24). The molecule has 3 heteroatoms. The van der Waals surface area contributed by atoms with Crippen molar-refractivity contribution in [3.8, 4) is 0 Å². The minimum absolute atomic E-state index is 0.0424. The van der Waals surface area contributed by atoms with Gasteiger partial charge in [0.05, 0.1) is 0 Å². The highest BCUT2D eigenvalue weighted by Gasteiger charge is 2.15. The van der Waals surface area contributed by atoms with Gasteiger partial charge in [0.15, 0.2) is 5.78 Å². The SMILES string of the molecule is Cc1ccc(C)c(NC(=O)CCC(=O)c2ccc3c(c2)CCC3)c1. The summed E-state index contributed by atoms with van der Waals surface area (Å²) >= 11 is 0. The number of anilines is 1. The number of nitrogens with one attached hydrogen (secondary N) is 1. The largest absolute Gasteiger partial charge is 0.326 e. The third-order valence-corrected chi connectivity index (χ3v) is 4.67. The molecule has 0 atom stereocenters. The maximum atomic E-state index is 12.3. The van der Waals surface area contributed by atoms with Crippen molar-refractivity contribution in [2.24, 2.45) is 0 Å². The summed E-state index contributed by atoms with van der Waals surface area (Å²) in [4.78, 5) is 24.5. The third-order valence-electron chi connectivity index (χ3n) is 4.67. The van der Waals surface area contributed by atoms with Crippen LogP contribution in [0.2, 0.25) is 0 Å². The molecular weight excluding hydrogens is 298 g/mol. The second kappa shape index (κ2) is 7.00. The predicted molar refractivity (Wildman–Crippen MR) is 96.6 cm³/mol. The fourth-order valence-electron chi connectivity index (χ4n) is 3.20. The van der Waals surface area contributed by atoms with Crippen molar-refractivity contribution < 1.29 is 9.59 Å². The van der Waals surface area contributed by atoms with Crippen molar-refractivity contribution in [1.29, 1.82) is 0 Å². The summed E-state index contributed by atoms with van der Waals surface area (Å²) < 4.78 is 0. The van der Waals surface area contributed by atoms with E-state index in [0.29, 0.717) is 0 Å². The van der Waals surface area contributed by atoms with Crippen LogP contribution in [0.1, 0.15) is 51.9 Å². The number of carbonyl (C=O) groups excluding carboxylic acids is 2. The van der Waals surface area contributed by atoms with Crippen LogP contribution in [-0.4, -0.2) is 11.7 Å². The number of aryl methyl sites for hydroxylation is 4. The van der Waals surface area contributed by atoms with E-state index < -0.39 is 0 Å². The van der Waals surface area contributed by atoms with Gasteiger partial charge in [-0.25, -0.2) is 0 Å². The van der Waals surface area contributed by atoms with E-state index in [1.807, 2.05) is 44.2 Å². The molecule has 0 bridgehead atoms. The van der Waals surface area contributed by atoms with Gasteiger partial charge in [0.1, 0.15) is 0 Å². The summed E-state index contributed by atoms with van der Waals surface area (Å²) in [5.74, 6) is -0.0703. The average molecular weight is 321 g/mol. The molecule has 0 fully saturated rings. The fraction of sp³-hybridized carbons (Fsp3) is 0.333. The smallest absolute Gasteiger partial charge is 0.224 e. The molecular formula is C21H23NO2. The van der Waals surface area contributed by atoms with Crippen LogP contribution in [0.3, 0.4) is 0 Å². The number of fused-ring (bicyclic) bond motifs is 1. The van der Waals surface area contributed by atoms with Crippen LogP contribution in [0.15, 0.2) is 36.4 Å². The van der Waals surface area contributed by atoms with Gasteiger partial charge in [-0.15, -0.1) is 0 Å². The Morgan fingerprint density at radius 1 is 0.958 bits per heavy atom. The Morgan fingerprint density at radius 2 is 1.75 bits per heavy atom. The van der Waals surface area contributed by atoms with Gasteiger partial charge < -0.3 is 5.32 Å². The summed E-state index contributed by atoms with van der Waals surface area (Å²) in [5, 5.41) is 2.91. The maximum absolute atomic E-state index is 12.3. The Morgan fingerprint density at radius 3 is 2.58 bits per heavy atom. The van der Waals surface area contributed by atoms with E-state index in [1.54, 1.807) is 0 Å². The molecule has 0 aromatic heterocycles. The first kappa shape index (κ1) is 16.4. The highest BCUT2D eigenvalue weighted by Crippen LogP contribution is 2.23. The molecule has 1 aliphatic carbocycles. The minimum atomic E-state index is -0.113. The number of amides is 1. The summed E-state index contributed by atoms with van der Waals surface area (Å²) in [7, 11) is 0. The molecule has 2 aromatic carbocycles. The maximum Gasteiger partial charge on any atom is 0.224 e. The topological polar surface area (TPSA) is 46.2 Å². The van der Waals surface area contributed by atoms with Crippen LogP contribution in [-0.2, 0) is 17.6 Å². The first-order valence-corrected chi connectivity index (χ1v) is 8.55. The molecule has 0 saturated heterocycles. The number of hydrogen-bond acceptors (Lipinski definition) is 2. The first-order chi connectivity index (χ1) is 11.5. The van der Waals surface area contributed by atoms with Gasteiger partial charge >= 0.3 is 0 Å². The van der Waals surface area contributed by atoms with Gasteiger partial charge in [0.25, 0.3) is 0 Å². The lowest BCUT2D eigenvalue weighted by Crippen LogP contribution is -2.14. The lowest BCUT2D eigenvalue weighted by molar-refractivity contribution is -0.116. The van der Waals surface area contributed by atoms with Gasteiger partial charge in [-0.05, 0) is 67.5 Å². The molecule has 0 radical (unpaired) electrons. The van der Waals surface area contributed by atoms with E-state index >= 15 is 0 Å². The molecule has 0 aliphatic heterocycles. The van der Waals surface area contributed by atoms with Crippen molar-refractivity contribution in [3.05, 3.63) is 64.2 Å². The summed E-state index contributed by atoms with van der Waals surface area (Å²) in [6.07, 6.45) is 3.80. The van der Waals surface area contributed by atoms with E-state index in [2.05, 4.69) is 11.4 Å². The summed E-state index contributed by atoms with van der Waals surface area (Å²) in [5.41, 5.74) is 6.34. The van der Waals surface area contributed by atoms with E-state index in [1.165, 1.54) is 17.5 Å². The zero-order valence-electron chi connectivity index (χ0n) is 14.3. The second-order valence-corrected chi connectivity index (χ2v) is 6.63. The molecule has 1 aliphatic rings. The summed E-state index contributed by atoms with van der Waals surface area (Å²) in [6.45, 7) is 3.96. The Hall–Kier alpha value is -2.42. The van der Waals surface area contributed by atoms with Gasteiger partial charge in [-0.1, -0.05) is 24.3 Å². The van der Waals surface area contributed by atoms with Crippen molar-refractivity contribution in [2.75, 3.05) is 5.32 Å². The summed E-state index contributed by atoms with van der Waals surface area (Å²) in [6, 6.07) is 11.9. The van der Waals surface area contributed by atoms with Crippen LogP contribution in [0.25, 0.3) is 0 Å². The number of carbonyl (C=O) groups is 2. The molecule has 1 amide bonds. The molecule has 0 unspecified atom stereocenters. The second-order valence-electron chi connectivity index (χ2n) is 6.63. The van der Waals surface area contributed by atoms with Gasteiger partial charge in [0.2, 0.25) is 5.91 Å². The van der Waals surface area contributed by atoms with Gasteiger partial charge in [-0.3, -0.25) is 9.59 Å². The van der Waals surface area contributed by atoms with Crippen molar-refractivity contribution in [1.82, 2.24) is 0 Å². The Labute approximate surface area is 143 Å². The predicted octanol–water partition coefficient (Wildman–Crippen LogP) is 4.39. The zero-order valence-corrected chi connectivity index (χ0v) is 14.3. The van der Waals surface area contributed by atoms with E-state index in [0.717, 1.165) is 35.2 Å². The molecule has 1 N–H and O–H groups in total. The fourth-order valence-corrected chi connectivity index (χ4v) is 3.20. The van der Waals surface area contributed by atoms with Crippen LogP contribution in [0.4, 0.5) is 5.69 Å². The minimum Gasteiger partial charge on any atom is -0.326 e. The first-order valence-electron chi connectivity index (χ1n) is 8.55. The average Bonchev–Trinajstić information content (AvgIpc) is 3.03. The molecule has 0 heterocycles. The number of rotatable bonds is 5.